The molecular weight excluding hydrogens is 232 g/mol. The highest BCUT2D eigenvalue weighted by molar-refractivity contribution is 5.82. The van der Waals surface area contributed by atoms with Crippen LogP contribution in [0, 0.1) is 0 Å². The first kappa shape index (κ1) is 12.8. The first-order valence-electron chi connectivity index (χ1n) is 6.28. The van der Waals surface area contributed by atoms with Crippen molar-refractivity contribution in [3.05, 3.63) is 23.8 Å². The number of allylic oxidation sites excluding steroid dienone is 2. The normalized spacial score (nSPS) is 22.9. The van der Waals surface area contributed by atoms with Crippen molar-refractivity contribution in [1.82, 2.24) is 10.2 Å². The second kappa shape index (κ2) is 5.82. The largest absolute Gasteiger partial charge is 0.480 e. The van der Waals surface area contributed by atoms with Crippen molar-refractivity contribution < 1.29 is 14.7 Å². The summed E-state index contributed by atoms with van der Waals surface area (Å²) < 4.78 is 0. The fraction of sp³-hybridized carbons (Fsp3) is 0.538. The molecule has 1 fully saturated rings. The van der Waals surface area contributed by atoms with Gasteiger partial charge in [-0.15, -0.1) is 0 Å². The molecule has 0 bridgehead atoms. The molecular formula is C13H18N2O3. The van der Waals surface area contributed by atoms with Gasteiger partial charge in [-0.1, -0.05) is 18.2 Å². The number of nitrogens with zero attached hydrogens (tertiary/aromatic N) is 1. The van der Waals surface area contributed by atoms with E-state index in [0.717, 1.165) is 24.8 Å². The average Bonchev–Trinajstić information content (AvgIpc) is 2.58. The summed E-state index contributed by atoms with van der Waals surface area (Å²) in [7, 11) is 0. The lowest BCUT2D eigenvalue weighted by Gasteiger charge is -2.32. The molecule has 0 aromatic heterocycles. The van der Waals surface area contributed by atoms with Gasteiger partial charge < -0.3 is 10.4 Å². The molecule has 1 aliphatic heterocycles. The minimum absolute atomic E-state index is 0.106. The Morgan fingerprint density at radius 3 is 3.00 bits per heavy atom. The molecule has 2 aliphatic rings. The summed E-state index contributed by atoms with van der Waals surface area (Å²) in [5, 5.41) is 12.1. The molecule has 2 rings (SSSR count). The molecule has 0 spiro atoms. The monoisotopic (exact) mass is 250 g/mol. The van der Waals surface area contributed by atoms with Gasteiger partial charge in [0.25, 0.3) is 0 Å². The van der Waals surface area contributed by atoms with E-state index in [1.165, 1.54) is 0 Å². The zero-order valence-corrected chi connectivity index (χ0v) is 10.3. The maximum absolute atomic E-state index is 11.5. The molecule has 18 heavy (non-hydrogen) atoms. The van der Waals surface area contributed by atoms with Crippen LogP contribution in [0.1, 0.15) is 19.3 Å². The van der Waals surface area contributed by atoms with E-state index < -0.39 is 12.0 Å². The molecule has 0 saturated carbocycles. The number of carboxylic acids is 1. The predicted molar refractivity (Wildman–Crippen MR) is 67.1 cm³/mol. The molecule has 1 atom stereocenters. The molecule has 1 saturated heterocycles. The number of carbonyl (C=O) groups excluding carboxylic acids is 1. The summed E-state index contributed by atoms with van der Waals surface area (Å²) in [6.07, 6.45) is 8.80. The summed E-state index contributed by atoms with van der Waals surface area (Å²) in [5.74, 6) is -0.992. The van der Waals surface area contributed by atoms with Crippen molar-refractivity contribution in [2.45, 2.75) is 25.3 Å². The molecule has 2 N–H and O–H groups in total. The van der Waals surface area contributed by atoms with Crippen LogP contribution in [0.4, 0.5) is 0 Å². The molecule has 1 aliphatic carbocycles. The third kappa shape index (κ3) is 2.98. The SMILES string of the molecule is O=C1CN(C(C(=O)O)C2=CCCCC=C2)CCN1. The molecule has 1 unspecified atom stereocenters. The minimum atomic E-state index is -0.887. The number of carbonyl (C=O) groups is 2. The van der Waals surface area contributed by atoms with Crippen LogP contribution in [0.5, 0.6) is 0 Å². The van der Waals surface area contributed by atoms with E-state index in [0.29, 0.717) is 13.1 Å². The van der Waals surface area contributed by atoms with Gasteiger partial charge in [0.2, 0.25) is 5.91 Å². The maximum atomic E-state index is 11.5. The Balaban J connectivity index is 2.19. The van der Waals surface area contributed by atoms with Crippen LogP contribution in [0.2, 0.25) is 0 Å². The van der Waals surface area contributed by atoms with Gasteiger partial charge in [0.05, 0.1) is 6.54 Å². The second-order valence-electron chi connectivity index (χ2n) is 4.60. The second-order valence-corrected chi connectivity index (χ2v) is 4.60. The molecule has 98 valence electrons. The number of piperazine rings is 1. The van der Waals surface area contributed by atoms with E-state index in [2.05, 4.69) is 5.32 Å². The molecule has 0 aromatic carbocycles. The molecule has 0 aromatic rings. The van der Waals surface area contributed by atoms with Crippen molar-refractivity contribution in [3.8, 4) is 0 Å². The van der Waals surface area contributed by atoms with Gasteiger partial charge in [-0.05, 0) is 24.8 Å². The van der Waals surface area contributed by atoms with Crippen molar-refractivity contribution >= 4 is 11.9 Å². The lowest BCUT2D eigenvalue weighted by molar-refractivity contribution is -0.142. The Labute approximate surface area is 106 Å². The van der Waals surface area contributed by atoms with Gasteiger partial charge in [0.1, 0.15) is 6.04 Å². The Morgan fingerprint density at radius 2 is 2.28 bits per heavy atom. The summed E-state index contributed by atoms with van der Waals surface area (Å²) in [5.41, 5.74) is 0.801. The fourth-order valence-electron chi connectivity index (χ4n) is 2.38. The van der Waals surface area contributed by atoms with Crippen LogP contribution >= 0.6 is 0 Å². The van der Waals surface area contributed by atoms with Crippen molar-refractivity contribution in [2.75, 3.05) is 19.6 Å². The summed E-state index contributed by atoms with van der Waals surface area (Å²) in [6.45, 7) is 1.25. The zero-order chi connectivity index (χ0) is 13.0. The number of carboxylic acid groups (broad SMARTS) is 1. The van der Waals surface area contributed by atoms with E-state index in [-0.39, 0.29) is 12.5 Å². The molecule has 5 nitrogen and oxygen atoms in total. The number of aliphatic carboxylic acids is 1. The third-order valence-electron chi connectivity index (χ3n) is 3.25. The lowest BCUT2D eigenvalue weighted by Crippen LogP contribution is -2.54. The minimum Gasteiger partial charge on any atom is -0.480 e. The van der Waals surface area contributed by atoms with Crippen LogP contribution < -0.4 is 5.32 Å². The van der Waals surface area contributed by atoms with Gasteiger partial charge in [0, 0.05) is 13.1 Å². The Bertz CT molecular complexity index is 401. The number of rotatable bonds is 3. The lowest BCUT2D eigenvalue weighted by atomic mass is 10.0. The Hall–Kier alpha value is -1.62. The van der Waals surface area contributed by atoms with E-state index in [1.807, 2.05) is 18.2 Å². The van der Waals surface area contributed by atoms with E-state index in [4.69, 9.17) is 0 Å². The van der Waals surface area contributed by atoms with E-state index in [9.17, 15) is 14.7 Å². The molecule has 1 heterocycles. The highest BCUT2D eigenvalue weighted by Gasteiger charge is 2.31. The van der Waals surface area contributed by atoms with Gasteiger partial charge >= 0.3 is 5.97 Å². The first-order chi connectivity index (χ1) is 8.68. The fourth-order valence-corrected chi connectivity index (χ4v) is 2.38. The molecule has 1 amide bonds. The number of hydrogen-bond donors (Lipinski definition) is 2. The summed E-state index contributed by atoms with van der Waals surface area (Å²) >= 11 is 0. The Morgan fingerprint density at radius 1 is 1.44 bits per heavy atom. The maximum Gasteiger partial charge on any atom is 0.325 e. The highest BCUT2D eigenvalue weighted by Crippen LogP contribution is 2.19. The van der Waals surface area contributed by atoms with Crippen LogP contribution in [0.3, 0.4) is 0 Å². The smallest absolute Gasteiger partial charge is 0.325 e. The number of nitrogens with one attached hydrogen (secondary N) is 1. The number of amides is 1. The predicted octanol–water partition coefficient (Wildman–Crippen LogP) is 0.538. The van der Waals surface area contributed by atoms with Crippen molar-refractivity contribution in [3.63, 3.8) is 0 Å². The van der Waals surface area contributed by atoms with Crippen molar-refractivity contribution in [2.24, 2.45) is 0 Å². The van der Waals surface area contributed by atoms with Crippen LogP contribution in [-0.4, -0.2) is 47.6 Å². The van der Waals surface area contributed by atoms with Gasteiger partial charge in [-0.25, -0.2) is 0 Å². The summed E-state index contributed by atoms with van der Waals surface area (Å²) in [4.78, 5) is 24.6. The Kier molecular flexibility index (Phi) is 4.15. The first-order valence-corrected chi connectivity index (χ1v) is 6.28. The van der Waals surface area contributed by atoms with Gasteiger partial charge in [0.15, 0.2) is 0 Å². The standard InChI is InChI=1S/C13H18N2O3/c16-11-9-15(8-7-14-11)12(13(17)18)10-5-3-1-2-4-6-10/h3,5-6,12H,1-2,4,7-9H2,(H,14,16)(H,17,18). The summed E-state index contributed by atoms with van der Waals surface area (Å²) in [6, 6.07) is -0.703. The molecule has 5 heteroatoms. The molecule has 0 radical (unpaired) electrons. The quantitative estimate of drug-likeness (QED) is 0.767. The zero-order valence-electron chi connectivity index (χ0n) is 10.3. The van der Waals surface area contributed by atoms with Crippen LogP contribution in [0.15, 0.2) is 23.8 Å². The van der Waals surface area contributed by atoms with Gasteiger partial charge in [-0.2, -0.15) is 0 Å². The number of hydrogen-bond acceptors (Lipinski definition) is 3. The van der Waals surface area contributed by atoms with E-state index >= 15 is 0 Å². The van der Waals surface area contributed by atoms with Crippen molar-refractivity contribution in [1.29, 1.82) is 0 Å². The average molecular weight is 250 g/mol. The highest BCUT2D eigenvalue weighted by atomic mass is 16.4. The third-order valence-corrected chi connectivity index (χ3v) is 3.25. The van der Waals surface area contributed by atoms with Crippen LogP contribution in [0.25, 0.3) is 0 Å². The van der Waals surface area contributed by atoms with Crippen LogP contribution in [-0.2, 0) is 9.59 Å². The van der Waals surface area contributed by atoms with Gasteiger partial charge in [-0.3, -0.25) is 14.5 Å². The van der Waals surface area contributed by atoms with E-state index in [1.54, 1.807) is 4.90 Å². The topological polar surface area (TPSA) is 69.6 Å².